The zero-order chi connectivity index (χ0) is 12.5. The predicted molar refractivity (Wildman–Crippen MR) is 68.3 cm³/mol. The van der Waals surface area contributed by atoms with Gasteiger partial charge in [-0.1, -0.05) is 43.5 Å². The molecule has 1 saturated carbocycles. The van der Waals surface area contributed by atoms with Crippen LogP contribution in [0.5, 0.6) is 0 Å². The number of carbonyl (C=O) groups is 1. The highest BCUT2D eigenvalue weighted by Gasteiger charge is 2.43. The Balaban J connectivity index is 2.56. The smallest absolute Gasteiger partial charge is 0.314 e. The van der Waals surface area contributed by atoms with Crippen molar-refractivity contribution in [3.8, 4) is 0 Å². The minimum Gasteiger partial charge on any atom is -0.481 e. The molecule has 1 N–H and O–H groups in total. The molecule has 0 bridgehead atoms. The van der Waals surface area contributed by atoms with E-state index in [1.165, 1.54) is 5.56 Å². The maximum atomic E-state index is 11.7. The van der Waals surface area contributed by atoms with E-state index in [0.717, 1.165) is 43.2 Å². The number of carboxylic acids is 1. The van der Waals surface area contributed by atoms with E-state index in [4.69, 9.17) is 0 Å². The molecule has 0 aliphatic heterocycles. The van der Waals surface area contributed by atoms with Crippen LogP contribution in [0.1, 0.15) is 49.3 Å². The Morgan fingerprint density at radius 1 is 1.35 bits per heavy atom. The summed E-state index contributed by atoms with van der Waals surface area (Å²) >= 11 is 0. The third kappa shape index (κ3) is 1.97. The van der Waals surface area contributed by atoms with Gasteiger partial charge in [0.2, 0.25) is 0 Å². The van der Waals surface area contributed by atoms with E-state index in [-0.39, 0.29) is 0 Å². The van der Waals surface area contributed by atoms with Crippen molar-refractivity contribution in [2.45, 2.75) is 51.4 Å². The molecule has 1 fully saturated rings. The van der Waals surface area contributed by atoms with E-state index in [1.54, 1.807) is 0 Å². The molecule has 0 aromatic heterocycles. The summed E-state index contributed by atoms with van der Waals surface area (Å²) in [5, 5.41) is 9.63. The van der Waals surface area contributed by atoms with Crippen LogP contribution in [0.15, 0.2) is 18.2 Å². The topological polar surface area (TPSA) is 37.3 Å². The molecule has 1 aliphatic carbocycles. The number of rotatable bonds is 3. The molecule has 2 rings (SSSR count). The van der Waals surface area contributed by atoms with Gasteiger partial charge in [-0.3, -0.25) is 4.79 Å². The van der Waals surface area contributed by atoms with Gasteiger partial charge < -0.3 is 5.11 Å². The zero-order valence-corrected chi connectivity index (χ0v) is 10.6. The molecule has 92 valence electrons. The summed E-state index contributed by atoms with van der Waals surface area (Å²) in [6, 6.07) is 6.25. The molecule has 17 heavy (non-hydrogen) atoms. The van der Waals surface area contributed by atoms with E-state index in [1.807, 2.05) is 6.92 Å². The van der Waals surface area contributed by atoms with Crippen LogP contribution in [-0.4, -0.2) is 11.1 Å². The molecular weight excluding hydrogens is 212 g/mol. The summed E-state index contributed by atoms with van der Waals surface area (Å²) in [5.74, 6) is -0.643. The molecule has 0 saturated heterocycles. The second kappa shape index (κ2) is 4.52. The third-order valence-corrected chi connectivity index (χ3v) is 4.03. The van der Waals surface area contributed by atoms with Gasteiger partial charge in [-0.2, -0.15) is 0 Å². The van der Waals surface area contributed by atoms with Crippen molar-refractivity contribution in [1.29, 1.82) is 0 Å². The van der Waals surface area contributed by atoms with Crippen LogP contribution in [0.2, 0.25) is 0 Å². The molecular formula is C15H20O2. The lowest BCUT2D eigenvalue weighted by Crippen LogP contribution is -2.33. The third-order valence-electron chi connectivity index (χ3n) is 4.03. The first kappa shape index (κ1) is 12.2. The zero-order valence-electron chi connectivity index (χ0n) is 10.6. The highest BCUT2D eigenvalue weighted by molar-refractivity contribution is 5.82. The van der Waals surface area contributed by atoms with Crippen molar-refractivity contribution < 1.29 is 9.90 Å². The molecule has 1 aromatic rings. The highest BCUT2D eigenvalue weighted by atomic mass is 16.4. The van der Waals surface area contributed by atoms with E-state index < -0.39 is 11.4 Å². The van der Waals surface area contributed by atoms with Gasteiger partial charge >= 0.3 is 5.97 Å². The van der Waals surface area contributed by atoms with Crippen molar-refractivity contribution in [1.82, 2.24) is 0 Å². The van der Waals surface area contributed by atoms with E-state index in [0.29, 0.717) is 0 Å². The Morgan fingerprint density at radius 3 is 2.53 bits per heavy atom. The lowest BCUT2D eigenvalue weighted by molar-refractivity contribution is -0.143. The number of hydrogen-bond donors (Lipinski definition) is 1. The molecule has 1 aromatic carbocycles. The minimum absolute atomic E-state index is 0.614. The maximum absolute atomic E-state index is 11.7. The van der Waals surface area contributed by atoms with Gasteiger partial charge in [0.05, 0.1) is 5.41 Å². The van der Waals surface area contributed by atoms with Crippen LogP contribution < -0.4 is 0 Å². The molecule has 0 spiro atoms. The molecule has 0 atom stereocenters. The van der Waals surface area contributed by atoms with Gasteiger partial charge in [0.25, 0.3) is 0 Å². The Morgan fingerprint density at radius 2 is 2.00 bits per heavy atom. The Kier molecular flexibility index (Phi) is 3.23. The predicted octanol–water partition coefficient (Wildman–Crippen LogP) is 3.45. The molecule has 0 heterocycles. The summed E-state index contributed by atoms with van der Waals surface area (Å²) in [7, 11) is 0. The normalized spacial score (nSPS) is 18.2. The summed E-state index contributed by atoms with van der Waals surface area (Å²) in [4.78, 5) is 11.7. The number of benzene rings is 1. The van der Waals surface area contributed by atoms with Crippen molar-refractivity contribution in [3.05, 3.63) is 34.9 Å². The molecule has 0 amide bonds. The summed E-state index contributed by atoms with van der Waals surface area (Å²) < 4.78 is 0. The summed E-state index contributed by atoms with van der Waals surface area (Å²) in [5.41, 5.74) is 2.80. The number of carboxylic acid groups (broad SMARTS) is 1. The fourth-order valence-corrected chi connectivity index (χ4v) is 3.02. The van der Waals surface area contributed by atoms with E-state index in [2.05, 4.69) is 25.1 Å². The Bertz CT molecular complexity index is 429. The first-order valence-electron chi connectivity index (χ1n) is 6.43. The van der Waals surface area contributed by atoms with Gasteiger partial charge in [-0.05, 0) is 37.3 Å². The van der Waals surface area contributed by atoms with E-state index >= 15 is 0 Å². The number of hydrogen-bond acceptors (Lipinski definition) is 1. The largest absolute Gasteiger partial charge is 0.481 e. The summed E-state index contributed by atoms with van der Waals surface area (Å²) in [6.45, 7) is 4.13. The molecule has 2 heteroatoms. The van der Waals surface area contributed by atoms with Crippen LogP contribution in [-0.2, 0) is 16.6 Å². The molecule has 2 nitrogen and oxygen atoms in total. The van der Waals surface area contributed by atoms with Crippen molar-refractivity contribution in [2.24, 2.45) is 0 Å². The average Bonchev–Trinajstić information content (AvgIpc) is 2.79. The maximum Gasteiger partial charge on any atom is 0.314 e. The van der Waals surface area contributed by atoms with Crippen molar-refractivity contribution in [2.75, 3.05) is 0 Å². The minimum atomic E-state index is -0.643. The SMILES string of the molecule is CCc1ccc(C)cc1C1(C(=O)O)CCCC1. The van der Waals surface area contributed by atoms with Gasteiger partial charge in [0, 0.05) is 0 Å². The molecule has 0 radical (unpaired) electrons. The van der Waals surface area contributed by atoms with Crippen LogP contribution in [0.4, 0.5) is 0 Å². The van der Waals surface area contributed by atoms with Crippen molar-refractivity contribution >= 4 is 5.97 Å². The van der Waals surface area contributed by atoms with Crippen molar-refractivity contribution in [3.63, 3.8) is 0 Å². The lowest BCUT2D eigenvalue weighted by Gasteiger charge is -2.27. The number of aliphatic carboxylic acids is 1. The van der Waals surface area contributed by atoms with Gasteiger partial charge in [0.1, 0.15) is 0 Å². The molecule has 1 aliphatic rings. The van der Waals surface area contributed by atoms with Crippen LogP contribution in [0, 0.1) is 6.92 Å². The molecule has 0 unspecified atom stereocenters. The number of aryl methyl sites for hydroxylation is 2. The second-order valence-corrected chi connectivity index (χ2v) is 5.11. The van der Waals surface area contributed by atoms with Crippen LogP contribution in [0.25, 0.3) is 0 Å². The Hall–Kier alpha value is -1.31. The van der Waals surface area contributed by atoms with Crippen LogP contribution in [0.3, 0.4) is 0 Å². The standard InChI is InChI=1S/C15H20O2/c1-3-12-7-6-11(2)10-13(12)15(14(16)17)8-4-5-9-15/h6-7,10H,3-5,8-9H2,1-2H3,(H,16,17). The first-order chi connectivity index (χ1) is 8.10. The van der Waals surface area contributed by atoms with Crippen LogP contribution >= 0.6 is 0 Å². The fourth-order valence-electron chi connectivity index (χ4n) is 3.02. The van der Waals surface area contributed by atoms with Gasteiger partial charge in [-0.25, -0.2) is 0 Å². The summed E-state index contributed by atoms with van der Waals surface area (Å²) in [6.07, 6.45) is 4.55. The monoisotopic (exact) mass is 232 g/mol. The fraction of sp³-hybridized carbons (Fsp3) is 0.533. The quantitative estimate of drug-likeness (QED) is 0.866. The van der Waals surface area contributed by atoms with Gasteiger partial charge in [-0.15, -0.1) is 0 Å². The first-order valence-corrected chi connectivity index (χ1v) is 6.43. The lowest BCUT2D eigenvalue weighted by atomic mass is 9.75. The second-order valence-electron chi connectivity index (χ2n) is 5.11. The Labute approximate surface area is 103 Å². The average molecular weight is 232 g/mol. The van der Waals surface area contributed by atoms with E-state index in [9.17, 15) is 9.90 Å². The van der Waals surface area contributed by atoms with Gasteiger partial charge in [0.15, 0.2) is 0 Å². The highest BCUT2D eigenvalue weighted by Crippen LogP contribution is 2.43.